The van der Waals surface area contributed by atoms with Gasteiger partial charge in [-0.05, 0) is 23.8 Å². The van der Waals surface area contributed by atoms with Crippen LogP contribution in [0.2, 0.25) is 0 Å². The van der Waals surface area contributed by atoms with Crippen molar-refractivity contribution in [2.45, 2.75) is 71.1 Å². The minimum Gasteiger partial charge on any atom is -0.480 e. The largest absolute Gasteiger partial charge is 0.480 e. The first-order valence-electron chi connectivity index (χ1n) is 11.5. The zero-order chi connectivity index (χ0) is 25.8. The number of hydrogen-bond acceptors (Lipinski definition) is 6. The lowest BCUT2D eigenvalue weighted by Gasteiger charge is -2.26. The Hall–Kier alpha value is -2.98. The number of carbonyl (C=O) groups is 4. The quantitative estimate of drug-likeness (QED) is 0.221. The lowest BCUT2D eigenvalue weighted by atomic mass is 9.99. The first-order valence-corrected chi connectivity index (χ1v) is 11.5. The zero-order valence-corrected chi connectivity index (χ0v) is 20.3. The average Bonchev–Trinajstić information content (AvgIpc) is 2.80. The minimum atomic E-state index is -1.30. The molecule has 0 aromatic heterocycles. The van der Waals surface area contributed by atoms with Crippen molar-refractivity contribution in [3.05, 3.63) is 35.9 Å². The number of aliphatic hydroxyl groups excluding tert-OH is 1. The summed E-state index contributed by atoms with van der Waals surface area (Å²) in [6.45, 7) is 6.69. The molecule has 190 valence electrons. The molecule has 0 fully saturated rings. The zero-order valence-electron chi connectivity index (χ0n) is 20.3. The summed E-state index contributed by atoms with van der Waals surface area (Å²) < 4.78 is 0. The van der Waals surface area contributed by atoms with Crippen molar-refractivity contribution in [1.29, 1.82) is 0 Å². The van der Waals surface area contributed by atoms with Gasteiger partial charge in [0.1, 0.15) is 18.1 Å². The molecule has 1 aromatic rings. The molecule has 0 aliphatic rings. The van der Waals surface area contributed by atoms with Crippen molar-refractivity contribution in [3.63, 3.8) is 0 Å². The molecule has 0 bridgehead atoms. The molecule has 1 rings (SSSR count). The van der Waals surface area contributed by atoms with Gasteiger partial charge in [0.25, 0.3) is 0 Å². The van der Waals surface area contributed by atoms with Gasteiger partial charge in [0, 0.05) is 6.42 Å². The van der Waals surface area contributed by atoms with E-state index in [9.17, 15) is 29.4 Å². The van der Waals surface area contributed by atoms with Gasteiger partial charge in [-0.3, -0.25) is 14.4 Å². The maximum absolute atomic E-state index is 12.9. The molecule has 0 radical (unpaired) electrons. The topological polar surface area (TPSA) is 171 Å². The molecule has 34 heavy (non-hydrogen) atoms. The van der Waals surface area contributed by atoms with E-state index < -0.39 is 54.5 Å². The molecule has 0 spiro atoms. The molecule has 1 aromatic carbocycles. The SMILES string of the molecule is CCC(C)C(N)C(=O)NC(CO)C(=O)NC(CC(C)C)C(=O)NC(Cc1ccccc1)C(=O)O. The van der Waals surface area contributed by atoms with Gasteiger partial charge in [-0.15, -0.1) is 0 Å². The first-order chi connectivity index (χ1) is 16.0. The van der Waals surface area contributed by atoms with Gasteiger partial charge in [0.05, 0.1) is 12.6 Å². The third kappa shape index (κ3) is 9.48. The van der Waals surface area contributed by atoms with E-state index in [4.69, 9.17) is 5.73 Å². The predicted octanol–water partition coefficient (Wildman–Crippen LogP) is 0.180. The number of nitrogens with one attached hydrogen (secondary N) is 3. The van der Waals surface area contributed by atoms with Crippen molar-refractivity contribution in [1.82, 2.24) is 16.0 Å². The summed E-state index contributed by atoms with van der Waals surface area (Å²) in [5.74, 6) is -3.34. The first kappa shape index (κ1) is 29.1. The van der Waals surface area contributed by atoms with Crippen LogP contribution in [0.15, 0.2) is 30.3 Å². The van der Waals surface area contributed by atoms with Crippen LogP contribution in [0.3, 0.4) is 0 Å². The summed E-state index contributed by atoms with van der Waals surface area (Å²) in [4.78, 5) is 49.8. The van der Waals surface area contributed by atoms with Crippen molar-refractivity contribution in [2.75, 3.05) is 6.61 Å². The van der Waals surface area contributed by atoms with Crippen LogP contribution in [-0.4, -0.2) is 64.7 Å². The van der Waals surface area contributed by atoms with Gasteiger partial charge in [0.15, 0.2) is 0 Å². The van der Waals surface area contributed by atoms with E-state index in [0.29, 0.717) is 6.42 Å². The third-order valence-electron chi connectivity index (χ3n) is 5.61. The molecule has 5 unspecified atom stereocenters. The van der Waals surface area contributed by atoms with Crippen LogP contribution in [0.5, 0.6) is 0 Å². The molecule has 10 nitrogen and oxygen atoms in total. The maximum atomic E-state index is 12.9. The molecule has 0 heterocycles. The van der Waals surface area contributed by atoms with Crippen molar-refractivity contribution in [3.8, 4) is 0 Å². The highest BCUT2D eigenvalue weighted by atomic mass is 16.4. The van der Waals surface area contributed by atoms with Crippen LogP contribution in [-0.2, 0) is 25.6 Å². The number of rotatable bonds is 14. The number of amides is 3. The second-order valence-electron chi connectivity index (χ2n) is 8.93. The molecule has 0 aliphatic heterocycles. The second kappa shape index (κ2) is 14.3. The molecule has 10 heteroatoms. The number of nitrogens with two attached hydrogens (primary N) is 1. The fraction of sp³-hybridized carbons (Fsp3) is 0.583. The second-order valence-corrected chi connectivity index (χ2v) is 8.93. The minimum absolute atomic E-state index is 0.00514. The summed E-state index contributed by atoms with van der Waals surface area (Å²) in [5.41, 5.74) is 6.63. The number of benzene rings is 1. The number of aliphatic carboxylic acids is 1. The highest BCUT2D eigenvalue weighted by Crippen LogP contribution is 2.09. The Morgan fingerprint density at radius 2 is 1.41 bits per heavy atom. The fourth-order valence-electron chi connectivity index (χ4n) is 3.27. The molecule has 0 saturated heterocycles. The van der Waals surface area contributed by atoms with Gasteiger partial charge < -0.3 is 31.9 Å². The molecular weight excluding hydrogens is 440 g/mol. The van der Waals surface area contributed by atoms with Crippen LogP contribution in [0.1, 0.15) is 46.1 Å². The lowest BCUT2D eigenvalue weighted by Crippen LogP contribution is -2.58. The summed E-state index contributed by atoms with van der Waals surface area (Å²) in [6, 6.07) is 4.46. The standard InChI is InChI=1S/C24H38N4O6/c1-5-15(4)20(25)23(32)28-19(13-29)22(31)26-17(11-14(2)3)21(30)27-18(24(33)34)12-16-9-7-6-8-10-16/h6-10,14-15,17-20,29H,5,11-13,25H2,1-4H3,(H,26,31)(H,27,30)(H,28,32)(H,33,34). The van der Waals surface area contributed by atoms with E-state index in [2.05, 4.69) is 16.0 Å². The molecule has 0 saturated carbocycles. The van der Waals surface area contributed by atoms with E-state index in [1.807, 2.05) is 20.8 Å². The molecule has 5 atom stereocenters. The van der Waals surface area contributed by atoms with Crippen LogP contribution < -0.4 is 21.7 Å². The maximum Gasteiger partial charge on any atom is 0.326 e. The van der Waals surface area contributed by atoms with Crippen LogP contribution >= 0.6 is 0 Å². The number of aliphatic hydroxyl groups is 1. The normalized spacial score (nSPS) is 15.5. The lowest BCUT2D eigenvalue weighted by molar-refractivity contribution is -0.142. The highest BCUT2D eigenvalue weighted by Gasteiger charge is 2.31. The van der Waals surface area contributed by atoms with Crippen LogP contribution in [0.4, 0.5) is 0 Å². The smallest absolute Gasteiger partial charge is 0.326 e. The van der Waals surface area contributed by atoms with E-state index >= 15 is 0 Å². The average molecular weight is 479 g/mol. The predicted molar refractivity (Wildman–Crippen MR) is 128 cm³/mol. The Kier molecular flexibility index (Phi) is 12.2. The number of carboxylic acid groups (broad SMARTS) is 1. The monoisotopic (exact) mass is 478 g/mol. The van der Waals surface area contributed by atoms with E-state index in [0.717, 1.165) is 5.56 Å². The Bertz CT molecular complexity index is 817. The van der Waals surface area contributed by atoms with Crippen molar-refractivity contribution in [2.24, 2.45) is 17.6 Å². The molecule has 3 amide bonds. The third-order valence-corrected chi connectivity index (χ3v) is 5.61. The van der Waals surface area contributed by atoms with Crippen LogP contribution in [0.25, 0.3) is 0 Å². The molecular formula is C24H38N4O6. The summed E-state index contributed by atoms with van der Waals surface area (Å²) in [7, 11) is 0. The van der Waals surface area contributed by atoms with Crippen molar-refractivity contribution < 1.29 is 29.4 Å². The Labute approximate surface area is 200 Å². The Balaban J connectivity index is 2.91. The van der Waals surface area contributed by atoms with Gasteiger partial charge in [0.2, 0.25) is 17.7 Å². The summed E-state index contributed by atoms with van der Waals surface area (Å²) in [6.07, 6.45) is 0.968. The molecule has 7 N–H and O–H groups in total. The summed E-state index contributed by atoms with van der Waals surface area (Å²) in [5, 5.41) is 26.7. The summed E-state index contributed by atoms with van der Waals surface area (Å²) >= 11 is 0. The van der Waals surface area contributed by atoms with Gasteiger partial charge in [-0.2, -0.15) is 0 Å². The fourth-order valence-corrected chi connectivity index (χ4v) is 3.27. The van der Waals surface area contributed by atoms with Crippen molar-refractivity contribution >= 4 is 23.7 Å². The Morgan fingerprint density at radius 3 is 1.91 bits per heavy atom. The van der Waals surface area contributed by atoms with Gasteiger partial charge in [-0.1, -0.05) is 64.4 Å². The van der Waals surface area contributed by atoms with E-state index in [1.54, 1.807) is 37.3 Å². The molecule has 0 aliphatic carbocycles. The Morgan fingerprint density at radius 1 is 0.882 bits per heavy atom. The number of hydrogen-bond donors (Lipinski definition) is 6. The van der Waals surface area contributed by atoms with Crippen LogP contribution in [0, 0.1) is 11.8 Å². The number of carbonyl (C=O) groups excluding carboxylic acids is 3. The van der Waals surface area contributed by atoms with E-state index in [1.165, 1.54) is 0 Å². The van der Waals surface area contributed by atoms with Gasteiger partial charge >= 0.3 is 5.97 Å². The van der Waals surface area contributed by atoms with Gasteiger partial charge in [-0.25, -0.2) is 4.79 Å². The number of carboxylic acids is 1. The van der Waals surface area contributed by atoms with E-state index in [-0.39, 0.29) is 24.7 Å². The highest BCUT2D eigenvalue weighted by molar-refractivity contribution is 5.94.